The molecule has 5 heteroatoms. The Kier molecular flexibility index (Phi) is 4.73. The van der Waals surface area contributed by atoms with Gasteiger partial charge in [-0.1, -0.05) is 18.6 Å². The lowest BCUT2D eigenvalue weighted by molar-refractivity contribution is -0.133. The lowest BCUT2D eigenvalue weighted by Gasteiger charge is -2.27. The van der Waals surface area contributed by atoms with Crippen molar-refractivity contribution in [1.82, 2.24) is 10.2 Å². The fourth-order valence-electron chi connectivity index (χ4n) is 3.17. The molecule has 2 aliphatic rings. The highest BCUT2D eigenvalue weighted by Gasteiger charge is 2.26. The Bertz CT molecular complexity index is 553. The number of carbonyl (C=O) groups excluding carboxylic acids is 2. The molecule has 0 bridgehead atoms. The van der Waals surface area contributed by atoms with Gasteiger partial charge in [-0.3, -0.25) is 19.8 Å². The number of benzene rings is 1. The highest BCUT2D eigenvalue weighted by Crippen LogP contribution is 2.18. The minimum Gasteiger partial charge on any atom is -0.374 e. The minimum atomic E-state index is -0.317. The summed E-state index contributed by atoms with van der Waals surface area (Å²) in [4.78, 5) is 25.5. The maximum atomic E-state index is 11.8. The number of rotatable bonds is 4. The Morgan fingerprint density at radius 2 is 2.00 bits per heavy atom. The van der Waals surface area contributed by atoms with Gasteiger partial charge in [0.2, 0.25) is 11.8 Å². The zero-order valence-electron chi connectivity index (χ0n) is 12.8. The predicted molar refractivity (Wildman–Crippen MR) is 85.4 cm³/mol. The zero-order chi connectivity index (χ0) is 15.4. The maximum Gasteiger partial charge on any atom is 0.249 e. The lowest BCUT2D eigenvalue weighted by atomic mass is 10.1. The van der Waals surface area contributed by atoms with Crippen molar-refractivity contribution in [2.45, 2.75) is 44.7 Å². The normalized spacial score (nSPS) is 23.2. The number of likely N-dealkylation sites (tertiary alicyclic amines) is 1. The van der Waals surface area contributed by atoms with Crippen LogP contribution in [0.15, 0.2) is 24.3 Å². The summed E-state index contributed by atoms with van der Waals surface area (Å²) in [7, 11) is 0. The minimum absolute atomic E-state index is 0.179. The topological polar surface area (TPSA) is 61.4 Å². The van der Waals surface area contributed by atoms with E-state index in [1.54, 1.807) is 0 Å². The van der Waals surface area contributed by atoms with Crippen LogP contribution < -0.4 is 10.6 Å². The number of nitrogens with zero attached hydrogens (tertiary/aromatic N) is 1. The molecule has 2 fully saturated rings. The van der Waals surface area contributed by atoms with Crippen molar-refractivity contribution in [3.8, 4) is 0 Å². The molecule has 2 N–H and O–H groups in total. The van der Waals surface area contributed by atoms with Crippen molar-refractivity contribution in [2.24, 2.45) is 0 Å². The van der Waals surface area contributed by atoms with E-state index >= 15 is 0 Å². The molecule has 118 valence electrons. The molecule has 1 aromatic rings. The molecule has 1 unspecified atom stereocenters. The SMILES string of the molecule is O=C1CCC(Nc2cccc(CN3CCCCC3)c2)C(=O)N1. The second-order valence-electron chi connectivity index (χ2n) is 6.19. The van der Waals surface area contributed by atoms with Gasteiger partial charge in [-0.15, -0.1) is 0 Å². The van der Waals surface area contributed by atoms with Gasteiger partial charge < -0.3 is 5.32 Å². The number of nitrogens with one attached hydrogen (secondary N) is 2. The summed E-state index contributed by atoms with van der Waals surface area (Å²) in [5.74, 6) is -0.403. The Labute approximate surface area is 131 Å². The Hall–Kier alpha value is -1.88. The van der Waals surface area contributed by atoms with Crippen LogP contribution in [0.3, 0.4) is 0 Å². The molecule has 0 saturated carbocycles. The van der Waals surface area contributed by atoms with Crippen LogP contribution in [0.1, 0.15) is 37.7 Å². The van der Waals surface area contributed by atoms with Gasteiger partial charge in [-0.2, -0.15) is 0 Å². The van der Waals surface area contributed by atoms with E-state index in [2.05, 4.69) is 27.7 Å². The van der Waals surface area contributed by atoms with Gasteiger partial charge in [0.25, 0.3) is 0 Å². The fourth-order valence-corrected chi connectivity index (χ4v) is 3.17. The van der Waals surface area contributed by atoms with E-state index in [0.29, 0.717) is 12.8 Å². The van der Waals surface area contributed by atoms with E-state index in [1.807, 2.05) is 12.1 Å². The molecule has 0 aliphatic carbocycles. The van der Waals surface area contributed by atoms with Gasteiger partial charge in [0.1, 0.15) is 6.04 Å². The number of amides is 2. The maximum absolute atomic E-state index is 11.8. The average molecular weight is 301 g/mol. The van der Waals surface area contributed by atoms with E-state index in [1.165, 1.54) is 37.9 Å². The summed E-state index contributed by atoms with van der Waals surface area (Å²) in [6, 6.07) is 7.92. The first-order valence-electron chi connectivity index (χ1n) is 8.12. The molecular formula is C17H23N3O2. The average Bonchev–Trinajstić information content (AvgIpc) is 2.52. The number of carbonyl (C=O) groups is 2. The van der Waals surface area contributed by atoms with Gasteiger partial charge in [0, 0.05) is 18.7 Å². The molecule has 5 nitrogen and oxygen atoms in total. The second kappa shape index (κ2) is 6.92. The summed E-state index contributed by atoms with van der Waals surface area (Å²) < 4.78 is 0. The van der Waals surface area contributed by atoms with Gasteiger partial charge in [-0.05, 0) is 50.0 Å². The molecule has 22 heavy (non-hydrogen) atoms. The molecule has 2 aliphatic heterocycles. The highest BCUT2D eigenvalue weighted by molar-refractivity contribution is 6.01. The summed E-state index contributed by atoms with van der Waals surface area (Å²) >= 11 is 0. The Morgan fingerprint density at radius 3 is 2.77 bits per heavy atom. The predicted octanol–water partition coefficient (Wildman–Crippen LogP) is 1.89. The third-order valence-electron chi connectivity index (χ3n) is 4.36. The summed E-state index contributed by atoms with van der Waals surface area (Å²) in [5.41, 5.74) is 2.21. The summed E-state index contributed by atoms with van der Waals surface area (Å²) in [5, 5.41) is 5.63. The van der Waals surface area contributed by atoms with Crippen LogP contribution in [0.5, 0.6) is 0 Å². The van der Waals surface area contributed by atoms with E-state index in [4.69, 9.17) is 0 Å². The van der Waals surface area contributed by atoms with Crippen LogP contribution >= 0.6 is 0 Å². The van der Waals surface area contributed by atoms with Crippen LogP contribution in [0.2, 0.25) is 0 Å². The van der Waals surface area contributed by atoms with Gasteiger partial charge in [-0.25, -0.2) is 0 Å². The molecule has 3 rings (SSSR count). The Morgan fingerprint density at radius 1 is 1.18 bits per heavy atom. The van der Waals surface area contributed by atoms with Crippen molar-refractivity contribution in [3.63, 3.8) is 0 Å². The summed E-state index contributed by atoms with van der Waals surface area (Å²) in [6.07, 6.45) is 4.87. The van der Waals surface area contributed by atoms with E-state index < -0.39 is 0 Å². The first-order valence-corrected chi connectivity index (χ1v) is 8.12. The zero-order valence-corrected chi connectivity index (χ0v) is 12.8. The molecule has 0 spiro atoms. The number of imide groups is 1. The van der Waals surface area contributed by atoms with Crippen molar-refractivity contribution < 1.29 is 9.59 Å². The third-order valence-corrected chi connectivity index (χ3v) is 4.36. The highest BCUT2D eigenvalue weighted by atomic mass is 16.2. The lowest BCUT2D eigenvalue weighted by Crippen LogP contribution is -2.47. The van der Waals surface area contributed by atoms with Crippen LogP contribution in [-0.4, -0.2) is 35.8 Å². The van der Waals surface area contributed by atoms with E-state index in [0.717, 1.165) is 12.2 Å². The smallest absolute Gasteiger partial charge is 0.249 e. The van der Waals surface area contributed by atoms with Gasteiger partial charge >= 0.3 is 0 Å². The standard InChI is InChI=1S/C17H23N3O2/c21-16-8-7-15(17(22)19-16)18-14-6-4-5-13(11-14)12-20-9-2-1-3-10-20/h4-6,11,15,18H,1-3,7-10,12H2,(H,19,21,22). The Balaban J connectivity index is 1.61. The molecule has 0 aromatic heterocycles. The molecule has 2 amide bonds. The monoisotopic (exact) mass is 301 g/mol. The van der Waals surface area contributed by atoms with Crippen molar-refractivity contribution in [2.75, 3.05) is 18.4 Å². The van der Waals surface area contributed by atoms with Crippen LogP contribution in [0.25, 0.3) is 0 Å². The van der Waals surface area contributed by atoms with Crippen LogP contribution in [0, 0.1) is 0 Å². The number of anilines is 1. The summed E-state index contributed by atoms with van der Waals surface area (Å²) in [6.45, 7) is 3.31. The third kappa shape index (κ3) is 3.85. The first kappa shape index (κ1) is 15.0. The van der Waals surface area contributed by atoms with Crippen LogP contribution in [-0.2, 0) is 16.1 Å². The molecule has 2 saturated heterocycles. The number of hydrogen-bond acceptors (Lipinski definition) is 4. The van der Waals surface area contributed by atoms with E-state index in [9.17, 15) is 9.59 Å². The molecular weight excluding hydrogens is 278 g/mol. The molecule has 1 aromatic carbocycles. The number of hydrogen-bond donors (Lipinski definition) is 2. The van der Waals surface area contributed by atoms with Gasteiger partial charge in [0.15, 0.2) is 0 Å². The van der Waals surface area contributed by atoms with Crippen molar-refractivity contribution in [3.05, 3.63) is 29.8 Å². The largest absolute Gasteiger partial charge is 0.374 e. The number of piperidine rings is 2. The fraction of sp³-hybridized carbons (Fsp3) is 0.529. The molecule has 0 radical (unpaired) electrons. The first-order chi connectivity index (χ1) is 10.7. The molecule has 2 heterocycles. The van der Waals surface area contributed by atoms with E-state index in [-0.39, 0.29) is 17.9 Å². The van der Waals surface area contributed by atoms with Crippen LogP contribution in [0.4, 0.5) is 5.69 Å². The second-order valence-corrected chi connectivity index (χ2v) is 6.19. The van der Waals surface area contributed by atoms with Crippen molar-refractivity contribution >= 4 is 17.5 Å². The molecule has 1 atom stereocenters. The van der Waals surface area contributed by atoms with Crippen molar-refractivity contribution in [1.29, 1.82) is 0 Å². The quantitative estimate of drug-likeness (QED) is 0.834. The van der Waals surface area contributed by atoms with Gasteiger partial charge in [0.05, 0.1) is 0 Å².